The van der Waals surface area contributed by atoms with E-state index in [4.69, 9.17) is 4.74 Å². The van der Waals surface area contributed by atoms with Crippen molar-refractivity contribution in [3.05, 3.63) is 44.7 Å². The quantitative estimate of drug-likeness (QED) is 0.560. The molecule has 0 radical (unpaired) electrons. The van der Waals surface area contributed by atoms with Gasteiger partial charge < -0.3 is 14.7 Å². The topological polar surface area (TPSA) is 66.8 Å². The van der Waals surface area contributed by atoms with Crippen LogP contribution in [-0.4, -0.2) is 35.2 Å². The van der Waals surface area contributed by atoms with Gasteiger partial charge in [-0.05, 0) is 64.2 Å². The molecule has 3 aliphatic rings. The number of Topliss-reactive ketones (excluding diaryl/α,β-unsaturated/α-hetero) is 2. The summed E-state index contributed by atoms with van der Waals surface area (Å²) in [5, 5.41) is 10.5. The molecular weight excluding hydrogens is 470 g/mol. The predicted octanol–water partition coefficient (Wildman–Crippen LogP) is 5.87. The fourth-order valence-corrected chi connectivity index (χ4v) is 5.98. The van der Waals surface area contributed by atoms with E-state index in [0.717, 1.165) is 40.9 Å². The van der Waals surface area contributed by atoms with Crippen LogP contribution in [0.3, 0.4) is 0 Å². The molecule has 1 N–H and O–H groups in total. The molecule has 0 amide bonds. The zero-order valence-corrected chi connectivity index (χ0v) is 21.4. The molecule has 0 saturated heterocycles. The van der Waals surface area contributed by atoms with Gasteiger partial charge in [0, 0.05) is 48.3 Å². The van der Waals surface area contributed by atoms with Gasteiger partial charge in [-0.15, -0.1) is 0 Å². The lowest BCUT2D eigenvalue weighted by Gasteiger charge is -2.48. The first-order valence-electron chi connectivity index (χ1n) is 11.3. The third-order valence-electron chi connectivity index (χ3n) is 6.86. The van der Waals surface area contributed by atoms with Gasteiger partial charge in [-0.25, -0.2) is 0 Å². The molecule has 0 bridgehead atoms. The summed E-state index contributed by atoms with van der Waals surface area (Å²) in [5.41, 5.74) is 4.01. The standard InChI is InChI=1S/C26H32BrNO4/c1-7-32-20-9-14(8-15(27)24(20)31)21-22-16(10-25(2,3)12-18(22)29)28(6)17-11-26(4,5)13-19(30)23(17)21/h8-9,21,31H,7,10-13H2,1-6H3. The molecule has 0 saturated carbocycles. The van der Waals surface area contributed by atoms with Crippen LogP contribution in [0.5, 0.6) is 11.5 Å². The number of halogens is 1. The number of rotatable bonds is 3. The number of phenols is 1. The number of ether oxygens (including phenoxy) is 1. The number of hydrogen-bond acceptors (Lipinski definition) is 5. The molecule has 0 unspecified atom stereocenters. The van der Waals surface area contributed by atoms with E-state index in [1.54, 1.807) is 6.07 Å². The Bertz CT molecular complexity index is 1030. The number of allylic oxidation sites excluding steroid dienone is 4. The van der Waals surface area contributed by atoms with Crippen LogP contribution < -0.4 is 4.74 Å². The second kappa shape index (κ2) is 7.75. The lowest BCUT2D eigenvalue weighted by molar-refractivity contribution is -0.119. The first-order chi connectivity index (χ1) is 14.8. The molecule has 1 aliphatic heterocycles. The monoisotopic (exact) mass is 501 g/mol. The van der Waals surface area contributed by atoms with Crippen LogP contribution >= 0.6 is 15.9 Å². The van der Waals surface area contributed by atoms with Gasteiger partial charge in [-0.3, -0.25) is 9.59 Å². The van der Waals surface area contributed by atoms with Crippen molar-refractivity contribution in [2.45, 2.75) is 66.2 Å². The normalized spacial score (nSPS) is 22.8. The highest BCUT2D eigenvalue weighted by Crippen LogP contribution is 2.54. The third kappa shape index (κ3) is 3.81. The summed E-state index contributed by atoms with van der Waals surface area (Å²) in [5.74, 6) is 0.129. The number of benzene rings is 1. The lowest BCUT2D eigenvalue weighted by Crippen LogP contribution is -2.43. The Kier molecular flexibility index (Phi) is 5.60. The summed E-state index contributed by atoms with van der Waals surface area (Å²) < 4.78 is 6.16. The molecule has 0 fully saturated rings. The number of nitrogens with zero attached hydrogens (tertiary/aromatic N) is 1. The van der Waals surface area contributed by atoms with E-state index in [1.807, 2.05) is 20.0 Å². The van der Waals surface area contributed by atoms with Crippen molar-refractivity contribution in [3.8, 4) is 11.5 Å². The minimum absolute atomic E-state index is 0.0270. The van der Waals surface area contributed by atoms with E-state index in [2.05, 4.69) is 48.5 Å². The Balaban J connectivity index is 1.99. The van der Waals surface area contributed by atoms with Gasteiger partial charge in [0.25, 0.3) is 0 Å². The molecule has 0 atom stereocenters. The number of ketones is 2. The van der Waals surface area contributed by atoms with Crippen LogP contribution in [0.25, 0.3) is 0 Å². The Labute approximate surface area is 198 Å². The fourth-order valence-electron chi connectivity index (χ4n) is 5.52. The molecule has 1 aromatic carbocycles. The highest BCUT2D eigenvalue weighted by molar-refractivity contribution is 9.10. The molecule has 2 aliphatic carbocycles. The number of phenolic OH excluding ortho intramolecular Hbond substituents is 1. The summed E-state index contributed by atoms with van der Waals surface area (Å²) in [6.07, 6.45) is 2.47. The number of carbonyl (C=O) groups is 2. The van der Waals surface area contributed by atoms with Gasteiger partial charge in [0.15, 0.2) is 23.1 Å². The Morgan fingerprint density at radius 3 is 1.97 bits per heavy atom. The van der Waals surface area contributed by atoms with Crippen LogP contribution in [0.2, 0.25) is 0 Å². The molecular formula is C26H32BrNO4. The molecule has 0 aromatic heterocycles. The van der Waals surface area contributed by atoms with Crippen molar-refractivity contribution in [3.63, 3.8) is 0 Å². The van der Waals surface area contributed by atoms with Crippen LogP contribution in [0.15, 0.2) is 39.1 Å². The van der Waals surface area contributed by atoms with Gasteiger partial charge in [0.2, 0.25) is 0 Å². The van der Waals surface area contributed by atoms with Gasteiger partial charge >= 0.3 is 0 Å². The third-order valence-corrected chi connectivity index (χ3v) is 7.47. The van der Waals surface area contributed by atoms with E-state index < -0.39 is 5.92 Å². The molecule has 1 aromatic rings. The second-order valence-corrected chi connectivity index (χ2v) is 11.7. The Morgan fingerprint density at radius 1 is 1.00 bits per heavy atom. The fraction of sp³-hybridized carbons (Fsp3) is 0.538. The molecule has 0 spiro atoms. The molecule has 5 nitrogen and oxygen atoms in total. The summed E-state index contributed by atoms with van der Waals surface area (Å²) >= 11 is 3.45. The molecule has 1 heterocycles. The first kappa shape index (κ1) is 23.1. The van der Waals surface area contributed by atoms with E-state index >= 15 is 0 Å². The lowest BCUT2D eigenvalue weighted by atomic mass is 9.64. The zero-order chi connectivity index (χ0) is 23.6. The second-order valence-electron chi connectivity index (χ2n) is 10.9. The van der Waals surface area contributed by atoms with E-state index in [-0.39, 0.29) is 28.1 Å². The first-order valence-corrected chi connectivity index (χ1v) is 12.1. The maximum Gasteiger partial charge on any atom is 0.172 e. The van der Waals surface area contributed by atoms with Crippen LogP contribution in [0.1, 0.15) is 71.8 Å². The van der Waals surface area contributed by atoms with E-state index in [9.17, 15) is 14.7 Å². The minimum atomic E-state index is -0.445. The average molecular weight is 502 g/mol. The molecule has 4 rings (SSSR count). The number of hydrogen-bond donors (Lipinski definition) is 1. The number of carbonyl (C=O) groups excluding carboxylic acids is 2. The van der Waals surface area contributed by atoms with Gasteiger partial charge in [-0.1, -0.05) is 27.7 Å². The SMILES string of the molecule is CCOc1cc(C2C3=C(CC(C)(C)CC3=O)N(C)C3=C2C(=O)CC(C)(C)C3)cc(Br)c1O. The number of aromatic hydroxyl groups is 1. The summed E-state index contributed by atoms with van der Waals surface area (Å²) in [7, 11) is 2.00. The zero-order valence-electron chi connectivity index (χ0n) is 19.8. The summed E-state index contributed by atoms with van der Waals surface area (Å²) in [6.45, 7) is 10.8. The van der Waals surface area contributed by atoms with Crippen molar-refractivity contribution in [1.82, 2.24) is 4.90 Å². The maximum absolute atomic E-state index is 13.5. The van der Waals surface area contributed by atoms with Crippen LogP contribution in [-0.2, 0) is 9.59 Å². The predicted molar refractivity (Wildman–Crippen MR) is 128 cm³/mol. The average Bonchev–Trinajstić information content (AvgIpc) is 2.65. The molecule has 6 heteroatoms. The molecule has 32 heavy (non-hydrogen) atoms. The highest BCUT2D eigenvalue weighted by atomic mass is 79.9. The Hall–Kier alpha value is -2.08. The van der Waals surface area contributed by atoms with Crippen molar-refractivity contribution in [2.75, 3.05) is 13.7 Å². The van der Waals surface area contributed by atoms with Gasteiger partial charge in [0.1, 0.15) is 0 Å². The maximum atomic E-state index is 13.5. The Morgan fingerprint density at radius 2 is 1.50 bits per heavy atom. The van der Waals surface area contributed by atoms with Crippen molar-refractivity contribution < 1.29 is 19.4 Å². The largest absolute Gasteiger partial charge is 0.503 e. The summed E-state index contributed by atoms with van der Waals surface area (Å²) in [6, 6.07) is 3.61. The van der Waals surface area contributed by atoms with E-state index in [0.29, 0.717) is 29.7 Å². The highest BCUT2D eigenvalue weighted by Gasteiger charge is 2.48. The van der Waals surface area contributed by atoms with Gasteiger partial charge in [-0.2, -0.15) is 0 Å². The summed E-state index contributed by atoms with van der Waals surface area (Å²) in [4.78, 5) is 29.2. The van der Waals surface area contributed by atoms with Crippen LogP contribution in [0, 0.1) is 10.8 Å². The molecule has 172 valence electrons. The van der Waals surface area contributed by atoms with E-state index in [1.165, 1.54) is 0 Å². The minimum Gasteiger partial charge on any atom is -0.503 e. The van der Waals surface area contributed by atoms with Gasteiger partial charge in [0.05, 0.1) is 11.1 Å². The smallest absolute Gasteiger partial charge is 0.172 e. The van der Waals surface area contributed by atoms with Crippen molar-refractivity contribution in [2.24, 2.45) is 10.8 Å². The van der Waals surface area contributed by atoms with Crippen LogP contribution in [0.4, 0.5) is 0 Å². The van der Waals surface area contributed by atoms with Crippen molar-refractivity contribution in [1.29, 1.82) is 0 Å². The van der Waals surface area contributed by atoms with Crippen molar-refractivity contribution >= 4 is 27.5 Å².